The number of amides is 1. The molecule has 0 aromatic heterocycles. The van der Waals surface area contributed by atoms with Crippen LogP contribution >= 0.6 is 0 Å². The first kappa shape index (κ1) is 18.2. The Kier molecular flexibility index (Phi) is 6.53. The zero-order valence-corrected chi connectivity index (χ0v) is 14.3. The lowest BCUT2D eigenvalue weighted by molar-refractivity contribution is -0.153. The van der Waals surface area contributed by atoms with Crippen molar-refractivity contribution in [3.05, 3.63) is 29.8 Å². The topological polar surface area (TPSA) is 72.5 Å². The van der Waals surface area contributed by atoms with Crippen LogP contribution in [0, 0.1) is 5.92 Å². The molecule has 1 saturated carbocycles. The average Bonchev–Trinajstić information content (AvgIpc) is 3.06. The highest BCUT2D eigenvalue weighted by Gasteiger charge is 2.20. The smallest absolute Gasteiger partial charge is 0.306 e. The lowest BCUT2D eigenvalue weighted by Gasteiger charge is -2.15. The van der Waals surface area contributed by atoms with Crippen molar-refractivity contribution < 1.29 is 19.1 Å². The normalized spacial score (nSPS) is 15.8. The Morgan fingerprint density at radius 3 is 2.62 bits per heavy atom. The second-order valence-corrected chi connectivity index (χ2v) is 6.45. The molecule has 1 atom stereocenters. The number of rotatable bonds is 7. The van der Waals surface area contributed by atoms with Crippen molar-refractivity contribution >= 4 is 23.3 Å². The molecule has 24 heavy (non-hydrogen) atoms. The number of carbonyl (C=O) groups is 3. The summed E-state index contributed by atoms with van der Waals surface area (Å²) in [6.07, 6.45) is 5.22. The summed E-state index contributed by atoms with van der Waals surface area (Å²) in [6.45, 7) is 3.02. The molecule has 1 N–H and O–H groups in total. The second kappa shape index (κ2) is 8.62. The quantitative estimate of drug-likeness (QED) is 0.610. The third-order valence-corrected chi connectivity index (χ3v) is 4.45. The van der Waals surface area contributed by atoms with Crippen LogP contribution in [0.15, 0.2) is 24.3 Å². The molecule has 0 radical (unpaired) electrons. The van der Waals surface area contributed by atoms with Gasteiger partial charge in [0.05, 0.1) is 0 Å². The van der Waals surface area contributed by atoms with Gasteiger partial charge in [-0.2, -0.15) is 0 Å². The van der Waals surface area contributed by atoms with Gasteiger partial charge in [-0.3, -0.25) is 14.4 Å². The standard InChI is InChI=1S/C19H25NO4/c1-13(21)16-8-5-9-17(12-16)20-19(23)14(2)24-18(22)11-10-15-6-3-4-7-15/h5,8-9,12,14-15H,3-4,6-7,10-11H2,1-2H3,(H,20,23)/t14-/m1/s1. The zero-order valence-electron chi connectivity index (χ0n) is 14.3. The van der Waals surface area contributed by atoms with Crippen LogP contribution in [0.5, 0.6) is 0 Å². The van der Waals surface area contributed by atoms with E-state index >= 15 is 0 Å². The zero-order chi connectivity index (χ0) is 17.5. The Morgan fingerprint density at radius 1 is 1.25 bits per heavy atom. The van der Waals surface area contributed by atoms with Crippen LogP contribution in [0.1, 0.15) is 62.7 Å². The average molecular weight is 331 g/mol. The molecule has 130 valence electrons. The lowest BCUT2D eigenvalue weighted by atomic mass is 10.0. The number of benzene rings is 1. The number of ether oxygens (including phenoxy) is 1. The maximum atomic E-state index is 12.1. The molecule has 1 fully saturated rings. The van der Waals surface area contributed by atoms with E-state index in [-0.39, 0.29) is 11.8 Å². The summed E-state index contributed by atoms with van der Waals surface area (Å²) in [7, 11) is 0. The van der Waals surface area contributed by atoms with E-state index in [1.165, 1.54) is 32.6 Å². The Labute approximate surface area is 142 Å². The molecule has 0 aliphatic heterocycles. The number of esters is 1. The van der Waals surface area contributed by atoms with E-state index < -0.39 is 12.0 Å². The lowest BCUT2D eigenvalue weighted by Crippen LogP contribution is -2.30. The van der Waals surface area contributed by atoms with Gasteiger partial charge in [0.1, 0.15) is 0 Å². The van der Waals surface area contributed by atoms with Crippen molar-refractivity contribution in [1.82, 2.24) is 0 Å². The molecule has 2 rings (SSSR count). The molecule has 0 unspecified atom stereocenters. The number of anilines is 1. The van der Waals surface area contributed by atoms with E-state index in [0.717, 1.165) is 6.42 Å². The van der Waals surface area contributed by atoms with Crippen molar-refractivity contribution in [3.8, 4) is 0 Å². The molecule has 1 aromatic carbocycles. The van der Waals surface area contributed by atoms with Gasteiger partial charge in [-0.1, -0.05) is 37.8 Å². The summed E-state index contributed by atoms with van der Waals surface area (Å²) in [5.74, 6) is -0.180. The Bertz CT molecular complexity index is 605. The molecule has 0 spiro atoms. The maximum Gasteiger partial charge on any atom is 0.306 e. The molecular formula is C19H25NO4. The van der Waals surface area contributed by atoms with Crippen LogP contribution in [0.4, 0.5) is 5.69 Å². The minimum Gasteiger partial charge on any atom is -0.453 e. The van der Waals surface area contributed by atoms with Crippen molar-refractivity contribution in [2.75, 3.05) is 5.32 Å². The maximum absolute atomic E-state index is 12.1. The molecule has 1 aromatic rings. The Balaban J connectivity index is 1.79. The Hall–Kier alpha value is -2.17. The molecule has 0 bridgehead atoms. The van der Waals surface area contributed by atoms with Gasteiger partial charge in [-0.25, -0.2) is 0 Å². The van der Waals surface area contributed by atoms with Gasteiger partial charge < -0.3 is 10.1 Å². The second-order valence-electron chi connectivity index (χ2n) is 6.45. The number of Topliss-reactive ketones (excluding diaryl/α,β-unsaturated/α-hetero) is 1. The highest BCUT2D eigenvalue weighted by Crippen LogP contribution is 2.28. The van der Waals surface area contributed by atoms with Gasteiger partial charge in [0.2, 0.25) is 0 Å². The summed E-state index contributed by atoms with van der Waals surface area (Å²) < 4.78 is 5.20. The molecule has 1 aliphatic carbocycles. The van der Waals surface area contributed by atoms with Gasteiger partial charge in [0.25, 0.3) is 5.91 Å². The third-order valence-electron chi connectivity index (χ3n) is 4.45. The summed E-state index contributed by atoms with van der Waals surface area (Å²) in [5, 5.41) is 2.67. The fourth-order valence-electron chi connectivity index (χ4n) is 2.99. The van der Waals surface area contributed by atoms with E-state index in [4.69, 9.17) is 4.74 Å². The highest BCUT2D eigenvalue weighted by atomic mass is 16.5. The Morgan fingerprint density at radius 2 is 1.96 bits per heavy atom. The van der Waals surface area contributed by atoms with Gasteiger partial charge >= 0.3 is 5.97 Å². The minimum atomic E-state index is -0.859. The van der Waals surface area contributed by atoms with Crippen molar-refractivity contribution in [1.29, 1.82) is 0 Å². The van der Waals surface area contributed by atoms with Crippen molar-refractivity contribution in [2.45, 2.75) is 58.5 Å². The van der Waals surface area contributed by atoms with Crippen LogP contribution in [-0.4, -0.2) is 23.8 Å². The highest BCUT2D eigenvalue weighted by molar-refractivity contribution is 5.98. The van der Waals surface area contributed by atoms with E-state index in [0.29, 0.717) is 23.6 Å². The van der Waals surface area contributed by atoms with Crippen molar-refractivity contribution in [3.63, 3.8) is 0 Å². The van der Waals surface area contributed by atoms with Gasteiger partial charge in [-0.05, 0) is 38.3 Å². The summed E-state index contributed by atoms with van der Waals surface area (Å²) in [4.78, 5) is 35.3. The monoisotopic (exact) mass is 331 g/mol. The third kappa shape index (κ3) is 5.48. The van der Waals surface area contributed by atoms with Crippen molar-refractivity contribution in [2.24, 2.45) is 5.92 Å². The molecule has 0 heterocycles. The molecule has 1 amide bonds. The minimum absolute atomic E-state index is 0.0718. The van der Waals surface area contributed by atoms with E-state index in [1.807, 2.05) is 0 Å². The summed E-state index contributed by atoms with van der Waals surface area (Å²) in [5.41, 5.74) is 1.04. The van der Waals surface area contributed by atoms with E-state index in [2.05, 4.69) is 5.32 Å². The first-order valence-electron chi connectivity index (χ1n) is 8.57. The number of ketones is 1. The van der Waals surface area contributed by atoms with Crippen LogP contribution in [0.25, 0.3) is 0 Å². The van der Waals surface area contributed by atoms with E-state index in [9.17, 15) is 14.4 Å². The van der Waals surface area contributed by atoms with Gasteiger partial charge in [0, 0.05) is 17.7 Å². The van der Waals surface area contributed by atoms with Gasteiger partial charge in [-0.15, -0.1) is 0 Å². The first-order valence-corrected chi connectivity index (χ1v) is 8.57. The molecule has 5 nitrogen and oxygen atoms in total. The molecular weight excluding hydrogens is 306 g/mol. The van der Waals surface area contributed by atoms with Crippen LogP contribution in [0.2, 0.25) is 0 Å². The number of carbonyl (C=O) groups excluding carboxylic acids is 3. The predicted molar refractivity (Wildman–Crippen MR) is 91.8 cm³/mol. The summed E-state index contributed by atoms with van der Waals surface area (Å²) in [6, 6.07) is 6.68. The summed E-state index contributed by atoms with van der Waals surface area (Å²) >= 11 is 0. The van der Waals surface area contributed by atoms with E-state index in [1.54, 1.807) is 31.2 Å². The number of nitrogens with one attached hydrogen (secondary N) is 1. The number of hydrogen-bond acceptors (Lipinski definition) is 4. The molecule has 0 saturated heterocycles. The molecule has 5 heteroatoms. The largest absolute Gasteiger partial charge is 0.453 e. The fraction of sp³-hybridized carbons (Fsp3) is 0.526. The fourth-order valence-corrected chi connectivity index (χ4v) is 2.99. The van der Waals surface area contributed by atoms with Gasteiger partial charge in [0.15, 0.2) is 11.9 Å². The predicted octanol–water partition coefficient (Wildman–Crippen LogP) is 3.73. The number of hydrogen-bond donors (Lipinski definition) is 1. The van der Waals surface area contributed by atoms with Crippen LogP contribution in [-0.2, 0) is 14.3 Å². The van der Waals surface area contributed by atoms with Crippen LogP contribution < -0.4 is 5.32 Å². The van der Waals surface area contributed by atoms with Crippen LogP contribution in [0.3, 0.4) is 0 Å². The molecule has 1 aliphatic rings. The SMILES string of the molecule is CC(=O)c1cccc(NC(=O)[C@@H](C)OC(=O)CCC2CCCC2)c1. The first-order chi connectivity index (χ1) is 11.5.